The predicted octanol–water partition coefficient (Wildman–Crippen LogP) is 1.28. The minimum Gasteiger partial charge on any atom is -0.423 e. The first-order chi connectivity index (χ1) is 13.9. The van der Waals surface area contributed by atoms with Crippen molar-refractivity contribution in [2.45, 2.75) is 38.8 Å². The van der Waals surface area contributed by atoms with Gasteiger partial charge in [-0.1, -0.05) is 6.08 Å². The number of fused-ring (bicyclic) bond motifs is 2. The maximum Gasteiger partial charge on any atom is 0.344 e. The van der Waals surface area contributed by atoms with Crippen LogP contribution in [0.3, 0.4) is 0 Å². The zero-order valence-corrected chi connectivity index (χ0v) is 17.1. The van der Waals surface area contributed by atoms with Gasteiger partial charge in [0.1, 0.15) is 5.42 Å². The molecule has 3 aromatic rings. The molecule has 150 valence electrons. The van der Waals surface area contributed by atoms with E-state index in [1.54, 1.807) is 0 Å². The molecule has 1 fully saturated rings. The summed E-state index contributed by atoms with van der Waals surface area (Å²) < 4.78 is 7.80. The largest absolute Gasteiger partial charge is 0.423 e. The highest BCUT2D eigenvalue weighted by Crippen LogP contribution is 2.25. The van der Waals surface area contributed by atoms with Gasteiger partial charge in [-0.15, -0.1) is 0 Å². The van der Waals surface area contributed by atoms with Gasteiger partial charge in [0.2, 0.25) is 0 Å². The smallest absolute Gasteiger partial charge is 0.344 e. The summed E-state index contributed by atoms with van der Waals surface area (Å²) in [5.74, 6) is 0. The van der Waals surface area contributed by atoms with Gasteiger partial charge in [-0.05, 0) is 45.4 Å². The van der Waals surface area contributed by atoms with E-state index in [0.29, 0.717) is 17.0 Å². The van der Waals surface area contributed by atoms with Crippen LogP contribution in [0.2, 0.25) is 0 Å². The standard InChI is InChI=1S/C23H26N4O2/c1-15-12-26-14-18(8-19(26)11-25-15)20-9-17-4-5-23(3,10-21(17)29-22(20)28)27-7-6-24-16(2)13-27/h4,8-12,14,16,24H,5-7,13H2,1-3H3. The predicted molar refractivity (Wildman–Crippen MR) is 114 cm³/mol. The fourth-order valence-electron chi connectivity index (χ4n) is 4.51. The molecule has 0 aromatic carbocycles. The summed E-state index contributed by atoms with van der Waals surface area (Å²) in [6.45, 7) is 9.36. The minimum atomic E-state index is -0.299. The maximum atomic E-state index is 12.8. The molecular formula is C23H26N4O2. The Morgan fingerprint density at radius 1 is 1.31 bits per heavy atom. The Kier molecular flexibility index (Phi) is 4.22. The average Bonchev–Trinajstić information content (AvgIpc) is 3.10. The normalized spacial score (nSPS) is 24.7. The van der Waals surface area contributed by atoms with Crippen molar-refractivity contribution >= 4 is 17.7 Å². The molecule has 1 aliphatic heterocycles. The van der Waals surface area contributed by atoms with E-state index in [-0.39, 0.29) is 11.2 Å². The van der Waals surface area contributed by atoms with Crippen molar-refractivity contribution < 1.29 is 4.42 Å². The highest BCUT2D eigenvalue weighted by atomic mass is 16.4. The van der Waals surface area contributed by atoms with Gasteiger partial charge in [-0.25, -0.2) is 4.79 Å². The lowest BCUT2D eigenvalue weighted by atomic mass is 9.89. The van der Waals surface area contributed by atoms with Crippen LogP contribution in [-0.2, 0) is 0 Å². The monoisotopic (exact) mass is 390 g/mol. The summed E-state index contributed by atoms with van der Waals surface area (Å²) in [6.07, 6.45) is 11.0. The molecule has 0 bridgehead atoms. The number of rotatable bonds is 2. The van der Waals surface area contributed by atoms with Crippen molar-refractivity contribution in [3.05, 3.63) is 57.5 Å². The highest BCUT2D eigenvalue weighted by Gasteiger charge is 2.33. The molecule has 4 heterocycles. The quantitative estimate of drug-likeness (QED) is 0.714. The van der Waals surface area contributed by atoms with E-state index in [0.717, 1.165) is 48.0 Å². The number of nitrogens with zero attached hydrogens (tertiary/aromatic N) is 3. The molecule has 1 saturated heterocycles. The van der Waals surface area contributed by atoms with E-state index in [4.69, 9.17) is 4.42 Å². The van der Waals surface area contributed by atoms with Crippen LogP contribution in [0.4, 0.5) is 0 Å². The number of piperazine rings is 1. The van der Waals surface area contributed by atoms with Crippen molar-refractivity contribution in [1.29, 1.82) is 0 Å². The molecule has 2 atom stereocenters. The fourth-order valence-corrected chi connectivity index (χ4v) is 4.51. The van der Waals surface area contributed by atoms with Crippen LogP contribution in [0.25, 0.3) is 28.8 Å². The number of nitrogens with one attached hydrogen (secondary N) is 1. The van der Waals surface area contributed by atoms with E-state index >= 15 is 0 Å². The van der Waals surface area contributed by atoms with Crippen molar-refractivity contribution in [3.63, 3.8) is 0 Å². The van der Waals surface area contributed by atoms with Crippen LogP contribution < -0.4 is 21.6 Å². The topological polar surface area (TPSA) is 62.8 Å². The Labute approximate surface area is 169 Å². The van der Waals surface area contributed by atoms with Crippen LogP contribution >= 0.6 is 0 Å². The average molecular weight is 390 g/mol. The van der Waals surface area contributed by atoms with E-state index in [1.165, 1.54) is 0 Å². The van der Waals surface area contributed by atoms with E-state index in [1.807, 2.05) is 42.0 Å². The second-order valence-corrected chi connectivity index (χ2v) is 8.57. The first-order valence-corrected chi connectivity index (χ1v) is 10.2. The lowest BCUT2D eigenvalue weighted by molar-refractivity contribution is 0.120. The van der Waals surface area contributed by atoms with Crippen LogP contribution in [0.5, 0.6) is 0 Å². The van der Waals surface area contributed by atoms with Crippen molar-refractivity contribution in [2.75, 3.05) is 19.6 Å². The van der Waals surface area contributed by atoms with E-state index in [9.17, 15) is 4.79 Å². The lowest BCUT2D eigenvalue weighted by Crippen LogP contribution is -2.58. The van der Waals surface area contributed by atoms with Crippen LogP contribution in [0, 0.1) is 6.92 Å². The zero-order valence-electron chi connectivity index (χ0n) is 17.1. The first-order valence-electron chi connectivity index (χ1n) is 10.2. The Balaban J connectivity index is 1.57. The molecule has 5 rings (SSSR count). The van der Waals surface area contributed by atoms with E-state index in [2.05, 4.69) is 41.2 Å². The Morgan fingerprint density at radius 2 is 2.17 bits per heavy atom. The van der Waals surface area contributed by atoms with E-state index < -0.39 is 0 Å². The molecule has 0 radical (unpaired) electrons. The number of aryl methyl sites for hydroxylation is 1. The molecule has 1 aliphatic carbocycles. The molecule has 1 N–H and O–H groups in total. The molecule has 0 amide bonds. The highest BCUT2D eigenvalue weighted by molar-refractivity contribution is 5.69. The summed E-state index contributed by atoms with van der Waals surface area (Å²) >= 11 is 0. The summed E-state index contributed by atoms with van der Waals surface area (Å²) in [6, 6.07) is 4.41. The van der Waals surface area contributed by atoms with Gasteiger partial charge in [0.25, 0.3) is 0 Å². The molecule has 0 saturated carbocycles. The zero-order chi connectivity index (χ0) is 20.2. The third kappa shape index (κ3) is 3.22. The lowest BCUT2D eigenvalue weighted by Gasteiger charge is -2.44. The second-order valence-electron chi connectivity index (χ2n) is 8.57. The Hall–Kier alpha value is -2.70. The molecule has 0 spiro atoms. The van der Waals surface area contributed by atoms with Crippen LogP contribution in [0.15, 0.2) is 39.9 Å². The fraction of sp³-hybridized carbons (Fsp3) is 0.391. The van der Waals surface area contributed by atoms with Gasteiger partial charge in [-0.3, -0.25) is 9.88 Å². The summed E-state index contributed by atoms with van der Waals surface area (Å²) in [7, 11) is 0. The second kappa shape index (κ2) is 6.68. The molecule has 3 aromatic heterocycles. The number of hydrogen-bond acceptors (Lipinski definition) is 5. The van der Waals surface area contributed by atoms with Crippen molar-refractivity contribution in [3.8, 4) is 11.1 Å². The molecule has 6 nitrogen and oxygen atoms in total. The molecule has 2 unspecified atom stereocenters. The van der Waals surface area contributed by atoms with Crippen LogP contribution in [-0.4, -0.2) is 45.5 Å². The first kappa shape index (κ1) is 18.3. The maximum absolute atomic E-state index is 12.8. The van der Waals surface area contributed by atoms with Crippen molar-refractivity contribution in [1.82, 2.24) is 19.6 Å². The van der Waals surface area contributed by atoms with Crippen molar-refractivity contribution in [2.24, 2.45) is 0 Å². The summed E-state index contributed by atoms with van der Waals surface area (Å²) in [4.78, 5) is 19.6. The molecule has 2 aliphatic rings. The van der Waals surface area contributed by atoms with Gasteiger partial charge in [0.05, 0.1) is 23.0 Å². The Morgan fingerprint density at radius 3 is 3.00 bits per heavy atom. The number of aromatic nitrogens is 2. The molecule has 6 heteroatoms. The third-order valence-electron chi connectivity index (χ3n) is 6.19. The molecular weight excluding hydrogens is 364 g/mol. The van der Waals surface area contributed by atoms with Gasteiger partial charge < -0.3 is 14.1 Å². The summed E-state index contributed by atoms with van der Waals surface area (Å²) in [5, 5.41) is 4.48. The minimum absolute atomic E-state index is 0.130. The third-order valence-corrected chi connectivity index (χ3v) is 6.19. The van der Waals surface area contributed by atoms with Crippen LogP contribution in [0.1, 0.15) is 26.0 Å². The summed E-state index contributed by atoms with van der Waals surface area (Å²) in [5.41, 5.74) is 3.59. The number of hydrogen-bond donors (Lipinski definition) is 1. The Bertz CT molecular complexity index is 1270. The van der Waals surface area contributed by atoms with Gasteiger partial charge in [-0.2, -0.15) is 0 Å². The van der Waals surface area contributed by atoms with Gasteiger partial charge in [0.15, 0.2) is 0 Å². The SMILES string of the molecule is Cc1cn2cc(-c3cc4c(oc3=O)=CC(C)(N3CCNC(C)C3)CC=4)cc2cn1. The molecule has 29 heavy (non-hydrogen) atoms. The van der Waals surface area contributed by atoms with Gasteiger partial charge in [0, 0.05) is 54.4 Å². The van der Waals surface area contributed by atoms with Gasteiger partial charge >= 0.3 is 5.63 Å².